The third-order valence-electron chi connectivity index (χ3n) is 13.5. The number of aliphatic hydroxyl groups excluding tert-OH is 2. The average molecular weight is 868 g/mol. The molecule has 0 aromatic heterocycles. The van der Waals surface area contributed by atoms with E-state index < -0.39 is 102 Å². The Balaban J connectivity index is 1.89. The minimum absolute atomic E-state index is 0.0910. The lowest BCUT2D eigenvalue weighted by atomic mass is 9.77. The third-order valence-corrected chi connectivity index (χ3v) is 13.5. The fourth-order valence-electron chi connectivity index (χ4n) is 9.67. The zero-order valence-electron chi connectivity index (χ0n) is 38.7. The summed E-state index contributed by atoms with van der Waals surface area (Å²) in [4.78, 5) is 18.3. The molecule has 348 valence electrons. The molecule has 1 aromatic rings. The molecule has 0 amide bonds. The summed E-state index contributed by atoms with van der Waals surface area (Å²) in [5, 5.41) is 56.9. The monoisotopic (exact) mass is 868 g/mol. The normalized spacial score (nSPS) is 43.8. The van der Waals surface area contributed by atoms with E-state index >= 15 is 0 Å². The highest BCUT2D eigenvalue weighted by atomic mass is 19.1. The van der Waals surface area contributed by atoms with Crippen molar-refractivity contribution in [1.29, 1.82) is 5.26 Å². The predicted octanol–water partition coefficient (Wildman–Crippen LogP) is 4.00. The van der Waals surface area contributed by atoms with E-state index in [1.807, 2.05) is 57.8 Å². The predicted molar refractivity (Wildman–Crippen MR) is 224 cm³/mol. The highest BCUT2D eigenvalue weighted by Gasteiger charge is 2.53. The lowest BCUT2D eigenvalue weighted by Crippen LogP contribution is -2.61. The van der Waals surface area contributed by atoms with Crippen molar-refractivity contribution in [1.82, 2.24) is 9.80 Å². The Morgan fingerprint density at radius 3 is 2.25 bits per heavy atom. The van der Waals surface area contributed by atoms with Gasteiger partial charge in [0, 0.05) is 38.1 Å². The van der Waals surface area contributed by atoms with E-state index in [9.17, 15) is 34.9 Å². The number of cyclic esters (lactones) is 1. The number of methoxy groups -OCH3 is 1. The molecule has 0 bridgehead atoms. The van der Waals surface area contributed by atoms with Crippen LogP contribution in [0.5, 0.6) is 5.75 Å². The fourth-order valence-corrected chi connectivity index (χ4v) is 9.67. The van der Waals surface area contributed by atoms with Crippen molar-refractivity contribution >= 4 is 5.97 Å². The molecule has 1 aromatic carbocycles. The molecule has 3 aliphatic heterocycles. The number of hydrogen-bond acceptors (Lipinski definition) is 15. The van der Waals surface area contributed by atoms with Crippen LogP contribution in [-0.4, -0.2) is 161 Å². The molecule has 3 aliphatic rings. The summed E-state index contributed by atoms with van der Waals surface area (Å²) in [5.74, 6) is -3.29. The molecular formula is C45H74FN3O12. The quantitative estimate of drug-likeness (QED) is 0.260. The molecule has 18 atom stereocenters. The van der Waals surface area contributed by atoms with Gasteiger partial charge in [0.25, 0.3) is 0 Å². The molecule has 3 fully saturated rings. The first-order valence-corrected chi connectivity index (χ1v) is 21.7. The first-order chi connectivity index (χ1) is 28.3. The molecule has 4 N–H and O–H groups in total. The lowest BCUT2D eigenvalue weighted by Gasteiger charge is -2.49. The van der Waals surface area contributed by atoms with E-state index in [1.165, 1.54) is 32.2 Å². The van der Waals surface area contributed by atoms with Crippen molar-refractivity contribution in [3.63, 3.8) is 0 Å². The SMILES string of the molecule is CC[C@H]1OC(=O)[C@H](C)[C@@H](O[C@H]2C[C@@](C)(OC)[C@@H](O)[C@H](C)O2)[C@H](C)[C@@H](O[C@@H]2O[C@H](C)C[C@H](N(C)C)[C@H]2Oc2ccc(F)c(C#N)c2)[C@](C)(O)C[C@@H](C)CN(C)[C@H](C)[C@@H](O)[C@]1(C)O. The van der Waals surface area contributed by atoms with Crippen LogP contribution in [0.4, 0.5) is 4.39 Å². The first kappa shape index (κ1) is 51.1. The van der Waals surface area contributed by atoms with Gasteiger partial charge < -0.3 is 63.4 Å². The number of aliphatic hydroxyl groups is 4. The highest BCUT2D eigenvalue weighted by Crippen LogP contribution is 2.41. The number of nitrogens with zero attached hydrogens (tertiary/aromatic N) is 3. The van der Waals surface area contributed by atoms with Crippen molar-refractivity contribution in [3.05, 3.63) is 29.6 Å². The zero-order chi connectivity index (χ0) is 45.9. The second-order valence-corrected chi connectivity index (χ2v) is 19.0. The van der Waals surface area contributed by atoms with E-state index in [2.05, 4.69) is 0 Å². The lowest BCUT2D eigenvalue weighted by molar-refractivity contribution is -0.316. The van der Waals surface area contributed by atoms with Crippen molar-refractivity contribution in [2.45, 2.75) is 185 Å². The summed E-state index contributed by atoms with van der Waals surface area (Å²) in [6.45, 7) is 17.9. The van der Waals surface area contributed by atoms with E-state index in [-0.39, 0.29) is 48.6 Å². The van der Waals surface area contributed by atoms with Crippen LogP contribution in [0.2, 0.25) is 0 Å². The Labute approximate surface area is 362 Å². The number of halogens is 1. The maximum absolute atomic E-state index is 14.5. The van der Waals surface area contributed by atoms with Crippen molar-refractivity contribution in [2.24, 2.45) is 17.8 Å². The molecule has 3 saturated heterocycles. The number of rotatable bonds is 9. The van der Waals surface area contributed by atoms with Crippen molar-refractivity contribution in [2.75, 3.05) is 34.8 Å². The van der Waals surface area contributed by atoms with Gasteiger partial charge in [0.05, 0.1) is 53.1 Å². The number of hydrogen-bond donors (Lipinski definition) is 4. The van der Waals surface area contributed by atoms with Gasteiger partial charge in [0.2, 0.25) is 0 Å². The van der Waals surface area contributed by atoms with Crippen LogP contribution in [0.15, 0.2) is 18.2 Å². The van der Waals surface area contributed by atoms with Crippen molar-refractivity contribution in [3.8, 4) is 11.8 Å². The molecule has 0 unspecified atom stereocenters. The highest BCUT2D eigenvalue weighted by molar-refractivity contribution is 5.73. The molecule has 16 heteroatoms. The Morgan fingerprint density at radius 2 is 1.66 bits per heavy atom. The van der Waals surface area contributed by atoms with Crippen LogP contribution in [0.25, 0.3) is 0 Å². The minimum atomic E-state index is -1.84. The van der Waals surface area contributed by atoms with E-state index in [4.69, 9.17) is 33.2 Å². The number of nitriles is 1. The van der Waals surface area contributed by atoms with Crippen LogP contribution < -0.4 is 4.74 Å². The summed E-state index contributed by atoms with van der Waals surface area (Å²) < 4.78 is 59.5. The Bertz CT molecular complexity index is 1650. The van der Waals surface area contributed by atoms with Gasteiger partial charge in [-0.2, -0.15) is 5.26 Å². The molecular weight excluding hydrogens is 794 g/mol. The Hall–Kier alpha value is -2.53. The standard InChI is InChI=1S/C45H74FN3O12/c1-15-34-45(10,54)38(50)28(6)49(13)23-24(2)20-43(8,53)40(26(4)36(27(5)41(52)59-34)60-35-21-44(9,55-14)39(51)29(7)57-35)61-42-37(33(48(11)12)18-25(3)56-42)58-31-16-17-32(46)30(19-31)22-47/h16-17,19,24-29,33-40,42,50-51,53-54H,15,18,20-21,23H2,1-14H3/t24-,25-,26+,27-,28-,29+,33+,34-,35+,36+,37-,38-,39+,40-,42+,43-,44-,45-/m1/s1. The smallest absolute Gasteiger partial charge is 0.311 e. The maximum Gasteiger partial charge on any atom is 0.311 e. The molecule has 0 aliphatic carbocycles. The number of carbonyl (C=O) groups is 1. The third kappa shape index (κ3) is 11.6. The molecule has 0 saturated carbocycles. The molecule has 3 heterocycles. The molecule has 61 heavy (non-hydrogen) atoms. The summed E-state index contributed by atoms with van der Waals surface area (Å²) >= 11 is 0. The summed E-state index contributed by atoms with van der Waals surface area (Å²) in [6, 6.07) is 4.90. The van der Waals surface area contributed by atoms with Gasteiger partial charge in [-0.1, -0.05) is 20.8 Å². The van der Waals surface area contributed by atoms with Gasteiger partial charge in [0.15, 0.2) is 18.7 Å². The number of likely N-dealkylation sites (N-methyl/N-ethyl adjacent to an activating group) is 2. The van der Waals surface area contributed by atoms with E-state index in [1.54, 1.807) is 41.5 Å². The van der Waals surface area contributed by atoms with E-state index in [0.717, 1.165) is 0 Å². The second kappa shape index (κ2) is 20.5. The zero-order valence-corrected chi connectivity index (χ0v) is 38.7. The van der Waals surface area contributed by atoms with Gasteiger partial charge in [-0.05, 0) is 107 Å². The summed E-state index contributed by atoms with van der Waals surface area (Å²) in [6.07, 6.45) is -8.68. The fraction of sp³-hybridized carbons (Fsp3) is 0.822. The maximum atomic E-state index is 14.5. The second-order valence-electron chi connectivity index (χ2n) is 19.0. The average Bonchev–Trinajstić information content (AvgIpc) is 3.19. The van der Waals surface area contributed by atoms with Gasteiger partial charge >= 0.3 is 5.97 Å². The van der Waals surface area contributed by atoms with Crippen LogP contribution in [0, 0.1) is 34.9 Å². The van der Waals surface area contributed by atoms with Gasteiger partial charge in [-0.15, -0.1) is 0 Å². The molecule has 4 rings (SSSR count). The van der Waals surface area contributed by atoms with Crippen LogP contribution in [-0.2, 0) is 33.2 Å². The first-order valence-electron chi connectivity index (χ1n) is 21.7. The Morgan fingerprint density at radius 1 is 1.00 bits per heavy atom. The Kier molecular flexibility index (Phi) is 17.2. The van der Waals surface area contributed by atoms with Crippen LogP contribution >= 0.6 is 0 Å². The van der Waals surface area contributed by atoms with Gasteiger partial charge in [0.1, 0.15) is 41.5 Å². The number of carbonyl (C=O) groups excluding carboxylic acids is 1. The summed E-state index contributed by atoms with van der Waals surface area (Å²) in [5.41, 5.74) is -4.75. The molecule has 0 radical (unpaired) electrons. The topological polar surface area (TPSA) is 193 Å². The molecule has 0 spiro atoms. The number of ether oxygens (including phenoxy) is 7. The number of esters is 1. The van der Waals surface area contributed by atoms with Gasteiger partial charge in [-0.25, -0.2) is 4.39 Å². The van der Waals surface area contributed by atoms with Gasteiger partial charge in [-0.3, -0.25) is 4.79 Å². The van der Waals surface area contributed by atoms with Crippen LogP contribution in [0.3, 0.4) is 0 Å². The summed E-state index contributed by atoms with van der Waals surface area (Å²) in [7, 11) is 7.11. The molecule has 15 nitrogen and oxygen atoms in total. The van der Waals surface area contributed by atoms with E-state index in [0.29, 0.717) is 13.0 Å². The van der Waals surface area contributed by atoms with Crippen LogP contribution in [0.1, 0.15) is 100 Å². The number of benzene rings is 1. The van der Waals surface area contributed by atoms with Crippen molar-refractivity contribution < 1.29 is 62.8 Å². The minimum Gasteiger partial charge on any atom is -0.483 e. The largest absolute Gasteiger partial charge is 0.483 e.